The number of aromatic nitrogens is 4. The molecule has 24 heavy (non-hydrogen) atoms. The molecule has 0 saturated carbocycles. The van der Waals surface area contributed by atoms with E-state index in [4.69, 9.17) is 0 Å². The lowest BCUT2D eigenvalue weighted by Gasteiger charge is -2.33. The second-order valence-corrected chi connectivity index (χ2v) is 6.45. The molecule has 6 nitrogen and oxygen atoms in total. The van der Waals surface area contributed by atoms with Crippen LogP contribution in [0.25, 0.3) is 5.65 Å². The summed E-state index contributed by atoms with van der Waals surface area (Å²) in [6, 6.07) is 6.20. The van der Waals surface area contributed by atoms with Crippen molar-refractivity contribution in [3.8, 4) is 0 Å². The number of hydrogen-bond acceptors (Lipinski definition) is 3. The monoisotopic (exact) mass is 323 g/mol. The molecule has 4 rings (SSSR count). The van der Waals surface area contributed by atoms with Crippen LogP contribution in [0, 0.1) is 13.8 Å². The van der Waals surface area contributed by atoms with Crippen molar-refractivity contribution in [1.29, 1.82) is 0 Å². The lowest BCUT2D eigenvalue weighted by molar-refractivity contribution is 0.0673. The molecule has 1 saturated heterocycles. The zero-order chi connectivity index (χ0) is 16.7. The summed E-state index contributed by atoms with van der Waals surface area (Å²) in [5, 5.41) is 0. The number of imidazole rings is 2. The van der Waals surface area contributed by atoms with E-state index in [1.165, 1.54) is 0 Å². The topological polar surface area (TPSA) is 55.4 Å². The van der Waals surface area contributed by atoms with Gasteiger partial charge in [-0.2, -0.15) is 0 Å². The fraction of sp³-hybridized carbons (Fsp3) is 0.389. The zero-order valence-electron chi connectivity index (χ0n) is 14.0. The van der Waals surface area contributed by atoms with Crippen molar-refractivity contribution in [2.24, 2.45) is 0 Å². The molecule has 4 heterocycles. The van der Waals surface area contributed by atoms with E-state index in [-0.39, 0.29) is 5.91 Å². The van der Waals surface area contributed by atoms with Crippen LogP contribution in [0.5, 0.6) is 0 Å². The summed E-state index contributed by atoms with van der Waals surface area (Å²) < 4.78 is 4.14. The molecule has 0 radical (unpaired) electrons. The van der Waals surface area contributed by atoms with E-state index in [1.807, 2.05) is 59.9 Å². The van der Waals surface area contributed by atoms with E-state index in [1.54, 1.807) is 0 Å². The number of pyridine rings is 1. The molecule has 0 aromatic carbocycles. The van der Waals surface area contributed by atoms with Crippen molar-refractivity contribution in [3.63, 3.8) is 0 Å². The number of nitrogens with zero attached hydrogens (tertiary/aromatic N) is 5. The Balaban J connectivity index is 1.59. The van der Waals surface area contributed by atoms with Gasteiger partial charge in [-0.15, -0.1) is 0 Å². The summed E-state index contributed by atoms with van der Waals surface area (Å²) >= 11 is 0. The van der Waals surface area contributed by atoms with Crippen LogP contribution in [0.2, 0.25) is 0 Å². The molecule has 0 spiro atoms. The minimum Gasteiger partial charge on any atom is -0.335 e. The zero-order valence-corrected chi connectivity index (χ0v) is 14.0. The van der Waals surface area contributed by atoms with Gasteiger partial charge in [0.15, 0.2) is 0 Å². The van der Waals surface area contributed by atoms with E-state index in [2.05, 4.69) is 14.5 Å². The van der Waals surface area contributed by atoms with Crippen LogP contribution in [-0.2, 0) is 0 Å². The second kappa shape index (κ2) is 5.78. The predicted molar refractivity (Wildman–Crippen MR) is 91.1 cm³/mol. The summed E-state index contributed by atoms with van der Waals surface area (Å²) in [6.45, 7) is 5.52. The van der Waals surface area contributed by atoms with E-state index in [0.717, 1.165) is 36.6 Å². The van der Waals surface area contributed by atoms with Gasteiger partial charge in [0.05, 0.1) is 6.04 Å². The number of aryl methyl sites for hydroxylation is 2. The molecule has 124 valence electrons. The Morgan fingerprint density at radius 2 is 2.17 bits per heavy atom. The molecular weight excluding hydrogens is 302 g/mol. The van der Waals surface area contributed by atoms with Crippen molar-refractivity contribution < 1.29 is 4.79 Å². The van der Waals surface area contributed by atoms with E-state index < -0.39 is 0 Å². The van der Waals surface area contributed by atoms with Crippen LogP contribution < -0.4 is 0 Å². The molecule has 1 aliphatic heterocycles. The van der Waals surface area contributed by atoms with Gasteiger partial charge >= 0.3 is 0 Å². The Kier molecular flexibility index (Phi) is 3.59. The van der Waals surface area contributed by atoms with Crippen molar-refractivity contribution in [2.45, 2.75) is 32.7 Å². The van der Waals surface area contributed by atoms with Gasteiger partial charge in [0, 0.05) is 37.4 Å². The van der Waals surface area contributed by atoms with E-state index in [9.17, 15) is 4.79 Å². The lowest BCUT2D eigenvalue weighted by Crippen LogP contribution is -2.41. The third-order valence-corrected chi connectivity index (χ3v) is 4.85. The van der Waals surface area contributed by atoms with Crippen molar-refractivity contribution in [2.75, 3.05) is 13.1 Å². The molecule has 3 aromatic rings. The molecule has 1 aliphatic rings. The summed E-state index contributed by atoms with van der Waals surface area (Å²) in [5.41, 5.74) is 2.41. The summed E-state index contributed by atoms with van der Waals surface area (Å²) in [5.74, 6) is 1.01. The van der Waals surface area contributed by atoms with Gasteiger partial charge in [0.1, 0.15) is 17.2 Å². The minimum absolute atomic E-state index is 0.0144. The largest absolute Gasteiger partial charge is 0.335 e. The lowest BCUT2D eigenvalue weighted by atomic mass is 10.0. The molecular formula is C18H21N5O. The standard InChI is InChI=1S/C18H21N5O/c1-13-5-3-7-17-20-16(12-23(13)17)18(24)21-9-4-6-15(11-21)22-10-8-19-14(22)2/h3,5,7-8,10,12,15H,4,6,9,11H2,1-2H3. The fourth-order valence-electron chi connectivity index (χ4n) is 3.55. The van der Waals surface area contributed by atoms with Gasteiger partial charge < -0.3 is 13.9 Å². The van der Waals surface area contributed by atoms with Gasteiger partial charge in [-0.05, 0) is 38.8 Å². The third-order valence-electron chi connectivity index (χ3n) is 4.85. The van der Waals surface area contributed by atoms with Gasteiger partial charge in [-0.3, -0.25) is 4.79 Å². The molecule has 1 atom stereocenters. The average Bonchev–Trinajstić information content (AvgIpc) is 3.21. The van der Waals surface area contributed by atoms with Crippen LogP contribution >= 0.6 is 0 Å². The van der Waals surface area contributed by atoms with Crippen LogP contribution in [0.3, 0.4) is 0 Å². The molecule has 3 aromatic heterocycles. The van der Waals surface area contributed by atoms with Gasteiger partial charge in [0.2, 0.25) is 0 Å². The molecule has 0 aliphatic carbocycles. The Hall–Kier alpha value is -2.63. The fourth-order valence-corrected chi connectivity index (χ4v) is 3.55. The smallest absolute Gasteiger partial charge is 0.274 e. The first kappa shape index (κ1) is 14.9. The number of likely N-dealkylation sites (tertiary alicyclic amines) is 1. The average molecular weight is 323 g/mol. The predicted octanol–water partition coefficient (Wildman–Crippen LogP) is 2.62. The Labute approximate surface area is 140 Å². The van der Waals surface area contributed by atoms with Gasteiger partial charge in [-0.1, -0.05) is 6.07 Å². The molecule has 6 heteroatoms. The SMILES string of the molecule is Cc1nccn1C1CCCN(C(=O)c2cn3c(C)cccc3n2)C1. The maximum Gasteiger partial charge on any atom is 0.274 e. The highest BCUT2D eigenvalue weighted by molar-refractivity contribution is 5.93. The first-order valence-corrected chi connectivity index (χ1v) is 8.37. The molecule has 1 fully saturated rings. The number of rotatable bonds is 2. The molecule has 0 N–H and O–H groups in total. The molecule has 1 amide bonds. The van der Waals surface area contributed by atoms with Crippen LogP contribution in [0.15, 0.2) is 36.8 Å². The summed E-state index contributed by atoms with van der Waals surface area (Å²) in [7, 11) is 0. The first-order chi connectivity index (χ1) is 11.6. The third kappa shape index (κ3) is 2.48. The van der Waals surface area contributed by atoms with Crippen LogP contribution in [-0.4, -0.2) is 42.8 Å². The van der Waals surface area contributed by atoms with E-state index >= 15 is 0 Å². The maximum absolute atomic E-state index is 12.9. The number of amides is 1. The minimum atomic E-state index is 0.0144. The number of fused-ring (bicyclic) bond motifs is 1. The highest BCUT2D eigenvalue weighted by Crippen LogP contribution is 2.24. The number of piperidine rings is 1. The molecule has 0 bridgehead atoms. The Bertz CT molecular complexity index is 894. The quantitative estimate of drug-likeness (QED) is 0.728. The van der Waals surface area contributed by atoms with E-state index in [0.29, 0.717) is 18.3 Å². The summed E-state index contributed by atoms with van der Waals surface area (Å²) in [6.07, 6.45) is 7.74. The van der Waals surface area contributed by atoms with Crippen molar-refractivity contribution in [3.05, 3.63) is 54.0 Å². The van der Waals surface area contributed by atoms with Crippen molar-refractivity contribution >= 4 is 11.6 Å². The maximum atomic E-state index is 12.9. The highest BCUT2D eigenvalue weighted by atomic mass is 16.2. The Morgan fingerprint density at radius 1 is 1.29 bits per heavy atom. The molecule has 1 unspecified atom stereocenters. The number of hydrogen-bond donors (Lipinski definition) is 0. The second-order valence-electron chi connectivity index (χ2n) is 6.45. The highest BCUT2D eigenvalue weighted by Gasteiger charge is 2.27. The number of carbonyl (C=O) groups excluding carboxylic acids is 1. The number of carbonyl (C=O) groups is 1. The first-order valence-electron chi connectivity index (χ1n) is 8.37. The van der Waals surface area contributed by atoms with Crippen LogP contribution in [0.1, 0.15) is 40.9 Å². The Morgan fingerprint density at radius 3 is 2.92 bits per heavy atom. The normalized spacial score (nSPS) is 18.2. The van der Waals surface area contributed by atoms with Crippen LogP contribution in [0.4, 0.5) is 0 Å². The summed E-state index contributed by atoms with van der Waals surface area (Å²) in [4.78, 5) is 23.6. The van der Waals surface area contributed by atoms with Crippen molar-refractivity contribution in [1.82, 2.24) is 23.8 Å². The van der Waals surface area contributed by atoms with Gasteiger partial charge in [0.25, 0.3) is 5.91 Å². The van der Waals surface area contributed by atoms with Gasteiger partial charge in [-0.25, -0.2) is 9.97 Å².